The standard InChI is InChI=1S/C13H21ClN4/c1-5-11-13(14)12(18(6-2)16-11)9-17(4)8-10(3)7-15/h10H,5-6,8-9H2,1-4H3. The van der Waals surface area contributed by atoms with Crippen LogP contribution in [0.4, 0.5) is 0 Å². The molecular formula is C13H21ClN4. The average Bonchev–Trinajstić information content (AvgIpc) is 2.66. The molecule has 1 heterocycles. The van der Waals surface area contributed by atoms with Gasteiger partial charge < -0.3 is 0 Å². The van der Waals surface area contributed by atoms with Crippen LogP contribution >= 0.6 is 11.6 Å². The smallest absolute Gasteiger partial charge is 0.0863 e. The monoisotopic (exact) mass is 268 g/mol. The van der Waals surface area contributed by atoms with Gasteiger partial charge in [0.05, 0.1) is 28.4 Å². The topological polar surface area (TPSA) is 44.9 Å². The van der Waals surface area contributed by atoms with Crippen molar-refractivity contribution in [3.8, 4) is 6.07 Å². The van der Waals surface area contributed by atoms with Crippen molar-refractivity contribution in [2.75, 3.05) is 13.6 Å². The molecule has 0 fully saturated rings. The van der Waals surface area contributed by atoms with E-state index in [-0.39, 0.29) is 5.92 Å². The Morgan fingerprint density at radius 3 is 2.67 bits per heavy atom. The van der Waals surface area contributed by atoms with Gasteiger partial charge in [0.2, 0.25) is 0 Å². The van der Waals surface area contributed by atoms with Crippen molar-refractivity contribution in [2.45, 2.75) is 40.3 Å². The van der Waals surface area contributed by atoms with E-state index in [0.717, 1.165) is 42.5 Å². The first-order chi connectivity index (χ1) is 8.53. The average molecular weight is 269 g/mol. The Kier molecular flexibility index (Phi) is 5.64. The molecule has 0 aliphatic carbocycles. The number of halogens is 1. The third-order valence-corrected chi connectivity index (χ3v) is 3.36. The zero-order valence-corrected chi connectivity index (χ0v) is 12.3. The van der Waals surface area contributed by atoms with Crippen molar-refractivity contribution in [1.29, 1.82) is 5.26 Å². The van der Waals surface area contributed by atoms with Gasteiger partial charge in [-0.05, 0) is 27.3 Å². The van der Waals surface area contributed by atoms with Gasteiger partial charge in [-0.15, -0.1) is 0 Å². The molecule has 1 unspecified atom stereocenters. The number of nitrogens with zero attached hydrogens (tertiary/aromatic N) is 4. The lowest BCUT2D eigenvalue weighted by atomic mass is 10.2. The molecule has 0 amide bonds. The Morgan fingerprint density at radius 1 is 1.50 bits per heavy atom. The minimum Gasteiger partial charge on any atom is -0.299 e. The van der Waals surface area contributed by atoms with E-state index >= 15 is 0 Å². The summed E-state index contributed by atoms with van der Waals surface area (Å²) in [6.45, 7) is 8.32. The lowest BCUT2D eigenvalue weighted by Crippen LogP contribution is -2.25. The van der Waals surface area contributed by atoms with Crippen molar-refractivity contribution < 1.29 is 0 Å². The fraction of sp³-hybridized carbons (Fsp3) is 0.692. The molecule has 4 nitrogen and oxygen atoms in total. The van der Waals surface area contributed by atoms with E-state index in [1.807, 2.05) is 18.7 Å². The highest BCUT2D eigenvalue weighted by molar-refractivity contribution is 6.31. The fourth-order valence-electron chi connectivity index (χ4n) is 2.00. The van der Waals surface area contributed by atoms with Gasteiger partial charge in [0.25, 0.3) is 0 Å². The SMILES string of the molecule is CCc1nn(CC)c(CN(C)CC(C)C#N)c1Cl. The first-order valence-electron chi connectivity index (χ1n) is 6.35. The van der Waals surface area contributed by atoms with Crippen LogP contribution in [0.15, 0.2) is 0 Å². The molecule has 100 valence electrons. The predicted molar refractivity (Wildman–Crippen MR) is 73.4 cm³/mol. The van der Waals surface area contributed by atoms with E-state index in [2.05, 4.69) is 29.9 Å². The summed E-state index contributed by atoms with van der Waals surface area (Å²) in [5.74, 6) is 0.0254. The van der Waals surface area contributed by atoms with Crippen LogP contribution in [0.3, 0.4) is 0 Å². The van der Waals surface area contributed by atoms with Crippen LogP contribution in [-0.4, -0.2) is 28.3 Å². The van der Waals surface area contributed by atoms with E-state index < -0.39 is 0 Å². The Morgan fingerprint density at radius 2 is 2.17 bits per heavy atom. The number of hydrogen-bond donors (Lipinski definition) is 0. The van der Waals surface area contributed by atoms with Gasteiger partial charge in [0, 0.05) is 19.6 Å². The van der Waals surface area contributed by atoms with Gasteiger partial charge in [-0.2, -0.15) is 10.4 Å². The second kappa shape index (κ2) is 6.77. The second-order valence-electron chi connectivity index (χ2n) is 4.60. The first-order valence-corrected chi connectivity index (χ1v) is 6.73. The molecule has 0 spiro atoms. The summed E-state index contributed by atoms with van der Waals surface area (Å²) in [5.41, 5.74) is 2.00. The highest BCUT2D eigenvalue weighted by atomic mass is 35.5. The van der Waals surface area contributed by atoms with Crippen LogP contribution in [0.2, 0.25) is 5.02 Å². The molecular weight excluding hydrogens is 248 g/mol. The molecule has 1 aromatic heterocycles. The largest absolute Gasteiger partial charge is 0.299 e. The molecule has 0 aliphatic heterocycles. The molecule has 0 aliphatic rings. The quantitative estimate of drug-likeness (QED) is 0.797. The maximum atomic E-state index is 8.83. The third kappa shape index (κ3) is 3.47. The van der Waals surface area contributed by atoms with E-state index in [4.69, 9.17) is 16.9 Å². The molecule has 0 N–H and O–H groups in total. The van der Waals surface area contributed by atoms with Crippen molar-refractivity contribution in [3.63, 3.8) is 0 Å². The molecule has 5 heteroatoms. The summed E-state index contributed by atoms with van der Waals surface area (Å²) < 4.78 is 1.95. The van der Waals surface area contributed by atoms with Crippen molar-refractivity contribution >= 4 is 11.6 Å². The maximum absolute atomic E-state index is 8.83. The Labute approximate surface area is 114 Å². The molecule has 18 heavy (non-hydrogen) atoms. The van der Waals surface area contributed by atoms with Gasteiger partial charge in [0.1, 0.15) is 0 Å². The van der Waals surface area contributed by atoms with E-state index in [0.29, 0.717) is 0 Å². The number of nitriles is 1. The minimum absolute atomic E-state index is 0.0254. The van der Waals surface area contributed by atoms with Crippen LogP contribution in [0, 0.1) is 17.2 Å². The second-order valence-corrected chi connectivity index (χ2v) is 4.98. The molecule has 0 radical (unpaired) electrons. The van der Waals surface area contributed by atoms with Crippen molar-refractivity contribution in [1.82, 2.24) is 14.7 Å². The molecule has 0 saturated heterocycles. The molecule has 1 aromatic rings. The fourth-order valence-corrected chi connectivity index (χ4v) is 2.33. The van der Waals surface area contributed by atoms with E-state index in [1.165, 1.54) is 0 Å². The lowest BCUT2D eigenvalue weighted by Gasteiger charge is -2.18. The Bertz CT molecular complexity index is 433. The summed E-state index contributed by atoms with van der Waals surface area (Å²) in [7, 11) is 2.00. The summed E-state index contributed by atoms with van der Waals surface area (Å²) in [6, 6.07) is 2.24. The summed E-state index contributed by atoms with van der Waals surface area (Å²) in [4.78, 5) is 2.11. The van der Waals surface area contributed by atoms with Gasteiger partial charge in [-0.25, -0.2) is 0 Å². The third-order valence-electron chi connectivity index (χ3n) is 2.92. The van der Waals surface area contributed by atoms with Crippen LogP contribution in [0.5, 0.6) is 0 Å². The van der Waals surface area contributed by atoms with Crippen LogP contribution < -0.4 is 0 Å². The number of hydrogen-bond acceptors (Lipinski definition) is 3. The van der Waals surface area contributed by atoms with E-state index in [1.54, 1.807) is 0 Å². The zero-order chi connectivity index (χ0) is 13.7. The van der Waals surface area contributed by atoms with Gasteiger partial charge >= 0.3 is 0 Å². The Hall–Kier alpha value is -1.05. The van der Waals surface area contributed by atoms with Gasteiger partial charge in [-0.3, -0.25) is 9.58 Å². The number of aromatic nitrogens is 2. The normalized spacial score (nSPS) is 12.7. The van der Waals surface area contributed by atoms with Crippen LogP contribution in [0.25, 0.3) is 0 Å². The number of rotatable bonds is 6. The highest BCUT2D eigenvalue weighted by Crippen LogP contribution is 2.22. The van der Waals surface area contributed by atoms with Crippen molar-refractivity contribution in [3.05, 3.63) is 16.4 Å². The van der Waals surface area contributed by atoms with Gasteiger partial charge in [0.15, 0.2) is 0 Å². The lowest BCUT2D eigenvalue weighted by molar-refractivity contribution is 0.293. The maximum Gasteiger partial charge on any atom is 0.0863 e. The highest BCUT2D eigenvalue weighted by Gasteiger charge is 2.16. The molecule has 1 atom stereocenters. The predicted octanol–water partition coefficient (Wildman–Crippen LogP) is 2.71. The van der Waals surface area contributed by atoms with E-state index in [9.17, 15) is 0 Å². The Balaban J connectivity index is 2.83. The molecule has 1 rings (SSSR count). The zero-order valence-electron chi connectivity index (χ0n) is 11.6. The van der Waals surface area contributed by atoms with Crippen LogP contribution in [-0.2, 0) is 19.5 Å². The summed E-state index contributed by atoms with van der Waals surface area (Å²) in [6.07, 6.45) is 0.844. The molecule has 0 bridgehead atoms. The molecule has 0 saturated carbocycles. The summed E-state index contributed by atoms with van der Waals surface area (Å²) >= 11 is 6.35. The first kappa shape index (κ1) is 15.0. The van der Waals surface area contributed by atoms with Gasteiger partial charge in [-0.1, -0.05) is 18.5 Å². The van der Waals surface area contributed by atoms with Crippen molar-refractivity contribution in [2.24, 2.45) is 5.92 Å². The molecule has 0 aromatic carbocycles. The summed E-state index contributed by atoms with van der Waals surface area (Å²) in [5, 5.41) is 14.1. The number of aryl methyl sites for hydroxylation is 2. The minimum atomic E-state index is 0.0254. The van der Waals surface area contributed by atoms with Crippen LogP contribution in [0.1, 0.15) is 32.2 Å².